The van der Waals surface area contributed by atoms with Crippen molar-refractivity contribution in [3.63, 3.8) is 0 Å². The number of piperazine rings is 1. The van der Waals surface area contributed by atoms with Gasteiger partial charge in [-0.3, -0.25) is 9.69 Å². The fourth-order valence-corrected chi connectivity index (χ4v) is 3.73. The van der Waals surface area contributed by atoms with Crippen LogP contribution in [-0.4, -0.2) is 55.0 Å². The van der Waals surface area contributed by atoms with Crippen molar-refractivity contribution in [2.24, 2.45) is 0 Å². The molecule has 1 aliphatic rings. The minimum absolute atomic E-state index is 0.130. The van der Waals surface area contributed by atoms with Crippen LogP contribution in [0.5, 0.6) is 0 Å². The first-order valence-electron chi connectivity index (χ1n) is 9.57. The number of hydrogen-bond acceptors (Lipinski definition) is 5. The number of nitrogens with zero attached hydrogens (tertiary/aromatic N) is 3. The molecular formula is C23H22ClN3O3. The van der Waals surface area contributed by atoms with Crippen LogP contribution in [0.2, 0.25) is 5.02 Å². The highest BCUT2D eigenvalue weighted by Gasteiger charge is 2.33. The average Bonchev–Trinajstić information content (AvgIpc) is 2.79. The molecule has 1 saturated heterocycles. The summed E-state index contributed by atoms with van der Waals surface area (Å²) >= 11 is 6.31. The van der Waals surface area contributed by atoms with Crippen molar-refractivity contribution in [3.05, 3.63) is 76.3 Å². The van der Waals surface area contributed by atoms with Gasteiger partial charge in [-0.25, -0.2) is 4.79 Å². The zero-order valence-corrected chi connectivity index (χ0v) is 17.4. The Bertz CT molecular complexity index is 991. The number of hydrogen-bond donors (Lipinski definition) is 0. The Morgan fingerprint density at radius 3 is 2.43 bits per heavy atom. The summed E-state index contributed by atoms with van der Waals surface area (Å²) in [6, 6.07) is 15.8. The molecule has 1 amide bonds. The smallest absolute Gasteiger partial charge is 0.327 e. The highest BCUT2D eigenvalue weighted by atomic mass is 35.5. The molecule has 0 N–H and O–H groups in total. The lowest BCUT2D eigenvalue weighted by Crippen LogP contribution is -2.50. The third-order valence-electron chi connectivity index (χ3n) is 5.10. The first-order valence-corrected chi connectivity index (χ1v) is 9.95. The third kappa shape index (κ3) is 4.88. The quantitative estimate of drug-likeness (QED) is 0.545. The molecule has 0 saturated carbocycles. The van der Waals surface area contributed by atoms with Crippen LogP contribution < -0.4 is 0 Å². The van der Waals surface area contributed by atoms with Crippen LogP contribution in [0.15, 0.2) is 54.6 Å². The van der Waals surface area contributed by atoms with Crippen LogP contribution in [0.3, 0.4) is 0 Å². The number of benzene rings is 2. The van der Waals surface area contributed by atoms with Gasteiger partial charge in [-0.05, 0) is 29.3 Å². The monoisotopic (exact) mass is 423 g/mol. The van der Waals surface area contributed by atoms with Crippen molar-refractivity contribution in [2.45, 2.75) is 6.04 Å². The van der Waals surface area contributed by atoms with E-state index in [1.54, 1.807) is 35.2 Å². The predicted octanol–water partition coefficient (Wildman–Crippen LogP) is 3.28. The van der Waals surface area contributed by atoms with E-state index in [1.807, 2.05) is 29.2 Å². The van der Waals surface area contributed by atoms with Gasteiger partial charge in [-0.1, -0.05) is 48.0 Å². The SMILES string of the molecule is COC(=O)C(c1ccccc1Cl)N1CCN(C(=O)/C=C/c2ccccc2C#N)CC1. The summed E-state index contributed by atoms with van der Waals surface area (Å²) in [5, 5.41) is 9.67. The largest absolute Gasteiger partial charge is 0.468 e. The van der Waals surface area contributed by atoms with E-state index >= 15 is 0 Å². The van der Waals surface area contributed by atoms with Gasteiger partial charge in [0.1, 0.15) is 6.04 Å². The Labute approximate surface area is 180 Å². The van der Waals surface area contributed by atoms with Crippen molar-refractivity contribution in [1.29, 1.82) is 5.26 Å². The maximum atomic E-state index is 12.6. The Hall–Kier alpha value is -3.14. The number of nitriles is 1. The number of esters is 1. The maximum Gasteiger partial charge on any atom is 0.327 e. The summed E-state index contributed by atoms with van der Waals surface area (Å²) in [6.07, 6.45) is 3.14. The Balaban J connectivity index is 1.67. The Morgan fingerprint density at radius 1 is 1.10 bits per heavy atom. The molecule has 7 heteroatoms. The van der Waals surface area contributed by atoms with Gasteiger partial charge in [0, 0.05) is 37.3 Å². The first kappa shape index (κ1) is 21.6. The molecular weight excluding hydrogens is 402 g/mol. The zero-order chi connectivity index (χ0) is 21.5. The number of methoxy groups -OCH3 is 1. The van der Waals surface area contributed by atoms with Gasteiger partial charge in [0.05, 0.1) is 18.7 Å². The summed E-state index contributed by atoms with van der Waals surface area (Å²) in [4.78, 5) is 28.7. The second kappa shape index (κ2) is 10.1. The summed E-state index contributed by atoms with van der Waals surface area (Å²) in [5.41, 5.74) is 1.92. The van der Waals surface area contributed by atoms with E-state index in [0.29, 0.717) is 47.9 Å². The number of carbonyl (C=O) groups is 2. The van der Waals surface area contributed by atoms with Crippen molar-refractivity contribution in [1.82, 2.24) is 9.80 Å². The molecule has 3 rings (SSSR count). The lowest BCUT2D eigenvalue weighted by atomic mass is 10.0. The van der Waals surface area contributed by atoms with E-state index in [-0.39, 0.29) is 11.9 Å². The summed E-state index contributed by atoms with van der Waals surface area (Å²) in [5.74, 6) is -0.509. The topological polar surface area (TPSA) is 73.6 Å². The molecule has 1 unspecified atom stereocenters. The summed E-state index contributed by atoms with van der Waals surface area (Å²) in [7, 11) is 1.36. The standard InChI is InChI=1S/C23H22ClN3O3/c1-30-23(29)22(19-8-4-5-9-20(19)24)27-14-12-26(13-15-27)21(28)11-10-17-6-2-3-7-18(17)16-25/h2-11,22H,12-15H2,1H3/b11-10+. The predicted molar refractivity (Wildman–Crippen MR) is 115 cm³/mol. The molecule has 0 bridgehead atoms. The minimum atomic E-state index is -0.612. The van der Waals surface area contributed by atoms with Gasteiger partial charge in [0.15, 0.2) is 0 Å². The molecule has 1 heterocycles. The van der Waals surface area contributed by atoms with E-state index in [1.165, 1.54) is 13.2 Å². The highest BCUT2D eigenvalue weighted by Crippen LogP contribution is 2.29. The maximum absolute atomic E-state index is 12.6. The molecule has 2 aromatic carbocycles. The molecule has 2 aromatic rings. The first-order chi connectivity index (χ1) is 14.5. The van der Waals surface area contributed by atoms with Gasteiger partial charge in [0.2, 0.25) is 5.91 Å². The minimum Gasteiger partial charge on any atom is -0.468 e. The zero-order valence-electron chi connectivity index (χ0n) is 16.6. The van der Waals surface area contributed by atoms with Gasteiger partial charge >= 0.3 is 5.97 Å². The molecule has 0 radical (unpaired) electrons. The molecule has 154 valence electrons. The van der Waals surface area contributed by atoms with Crippen molar-refractivity contribution in [2.75, 3.05) is 33.3 Å². The number of rotatable bonds is 5. The molecule has 0 aromatic heterocycles. The Kier molecular flexibility index (Phi) is 7.23. The molecule has 30 heavy (non-hydrogen) atoms. The summed E-state index contributed by atoms with van der Waals surface area (Å²) < 4.78 is 5.00. The molecule has 6 nitrogen and oxygen atoms in total. The number of amides is 1. The molecule has 1 aliphatic heterocycles. The van der Waals surface area contributed by atoms with E-state index in [9.17, 15) is 9.59 Å². The Morgan fingerprint density at radius 2 is 1.77 bits per heavy atom. The summed E-state index contributed by atoms with van der Waals surface area (Å²) in [6.45, 7) is 1.97. The van der Waals surface area contributed by atoms with E-state index in [2.05, 4.69) is 6.07 Å². The number of ether oxygens (including phenoxy) is 1. The molecule has 1 atom stereocenters. The molecule has 0 aliphatic carbocycles. The fourth-order valence-electron chi connectivity index (χ4n) is 3.49. The lowest BCUT2D eigenvalue weighted by molar-refractivity contribution is -0.148. The van der Waals surface area contributed by atoms with Crippen molar-refractivity contribution in [3.8, 4) is 6.07 Å². The van der Waals surface area contributed by atoms with Crippen LogP contribution in [-0.2, 0) is 14.3 Å². The van der Waals surface area contributed by atoms with Gasteiger partial charge in [-0.2, -0.15) is 5.26 Å². The van der Waals surface area contributed by atoms with Crippen LogP contribution in [0.4, 0.5) is 0 Å². The second-order valence-electron chi connectivity index (χ2n) is 6.84. The van der Waals surface area contributed by atoms with Crippen LogP contribution in [0.1, 0.15) is 22.7 Å². The highest BCUT2D eigenvalue weighted by molar-refractivity contribution is 6.31. The van der Waals surface area contributed by atoms with E-state index in [4.69, 9.17) is 21.6 Å². The van der Waals surface area contributed by atoms with Crippen LogP contribution in [0.25, 0.3) is 6.08 Å². The van der Waals surface area contributed by atoms with E-state index < -0.39 is 6.04 Å². The van der Waals surface area contributed by atoms with E-state index in [0.717, 1.165) is 0 Å². The normalized spacial score (nSPS) is 15.6. The van der Waals surface area contributed by atoms with Gasteiger partial charge in [0.25, 0.3) is 0 Å². The van der Waals surface area contributed by atoms with Gasteiger partial charge in [-0.15, -0.1) is 0 Å². The van der Waals surface area contributed by atoms with Crippen molar-refractivity contribution >= 4 is 29.6 Å². The molecule has 0 spiro atoms. The average molecular weight is 424 g/mol. The van der Waals surface area contributed by atoms with Crippen LogP contribution in [0, 0.1) is 11.3 Å². The third-order valence-corrected chi connectivity index (χ3v) is 5.45. The number of carbonyl (C=O) groups excluding carboxylic acids is 2. The van der Waals surface area contributed by atoms with Gasteiger partial charge < -0.3 is 9.64 Å². The van der Waals surface area contributed by atoms with Crippen LogP contribution >= 0.6 is 11.6 Å². The fraction of sp³-hybridized carbons (Fsp3) is 0.261. The molecule has 1 fully saturated rings. The van der Waals surface area contributed by atoms with Crippen molar-refractivity contribution < 1.29 is 14.3 Å². The second-order valence-corrected chi connectivity index (χ2v) is 7.25. The number of halogens is 1. The lowest BCUT2D eigenvalue weighted by Gasteiger charge is -2.38.